The zero-order valence-corrected chi connectivity index (χ0v) is 7.41. The van der Waals surface area contributed by atoms with Gasteiger partial charge in [0.15, 0.2) is 6.23 Å². The Morgan fingerprint density at radius 1 is 1.54 bits per heavy atom. The minimum atomic E-state index is -0.256. The Kier molecular flexibility index (Phi) is 2.02. The topological polar surface area (TPSA) is 38.3 Å². The minimum Gasteiger partial charge on any atom is -0.349 e. The Labute approximate surface area is 76.7 Å². The standard InChI is InChI=1S/C10H11NO2/c1-7(12)11-10-9-5-3-2-4-8(9)6-13-10/h2-5,10H,6H2,1H3,(H,11,12). The third-order valence-electron chi connectivity index (χ3n) is 2.08. The van der Waals surface area contributed by atoms with Crippen LogP contribution in [-0.4, -0.2) is 5.91 Å². The summed E-state index contributed by atoms with van der Waals surface area (Å²) in [4.78, 5) is 10.8. The molecule has 1 aromatic rings. The van der Waals surface area contributed by atoms with Crippen LogP contribution in [-0.2, 0) is 16.1 Å². The molecule has 0 saturated heterocycles. The molecule has 0 aliphatic carbocycles. The zero-order valence-electron chi connectivity index (χ0n) is 7.41. The summed E-state index contributed by atoms with van der Waals surface area (Å²) in [5.41, 5.74) is 2.22. The van der Waals surface area contributed by atoms with Crippen molar-refractivity contribution in [1.29, 1.82) is 0 Å². The summed E-state index contributed by atoms with van der Waals surface area (Å²) in [6.45, 7) is 2.07. The summed E-state index contributed by atoms with van der Waals surface area (Å²) in [5, 5.41) is 2.74. The fraction of sp³-hybridized carbons (Fsp3) is 0.300. The molecule has 1 aliphatic rings. The molecule has 1 heterocycles. The van der Waals surface area contributed by atoms with Crippen molar-refractivity contribution in [1.82, 2.24) is 5.32 Å². The quantitative estimate of drug-likeness (QED) is 0.703. The van der Waals surface area contributed by atoms with E-state index in [1.54, 1.807) is 0 Å². The molecule has 13 heavy (non-hydrogen) atoms. The molecule has 0 aromatic heterocycles. The van der Waals surface area contributed by atoms with Crippen molar-refractivity contribution < 1.29 is 9.53 Å². The van der Waals surface area contributed by atoms with Crippen molar-refractivity contribution in [2.45, 2.75) is 19.8 Å². The van der Waals surface area contributed by atoms with E-state index in [1.165, 1.54) is 6.92 Å². The lowest BCUT2D eigenvalue weighted by molar-refractivity contribution is -0.123. The number of carbonyl (C=O) groups excluding carboxylic acids is 1. The van der Waals surface area contributed by atoms with Gasteiger partial charge in [0.1, 0.15) is 0 Å². The second-order valence-corrected chi connectivity index (χ2v) is 3.09. The predicted octanol–water partition coefficient (Wildman–Crippen LogP) is 1.35. The lowest BCUT2D eigenvalue weighted by atomic mass is 10.1. The summed E-state index contributed by atoms with van der Waals surface area (Å²) in [5.74, 6) is -0.0679. The highest BCUT2D eigenvalue weighted by Crippen LogP contribution is 2.27. The van der Waals surface area contributed by atoms with Crippen LogP contribution >= 0.6 is 0 Å². The van der Waals surface area contributed by atoms with Crippen LogP contribution in [0.15, 0.2) is 24.3 Å². The van der Waals surface area contributed by atoms with Gasteiger partial charge in [-0.3, -0.25) is 4.79 Å². The van der Waals surface area contributed by atoms with Crippen molar-refractivity contribution >= 4 is 5.91 Å². The number of hydrogen-bond donors (Lipinski definition) is 1. The average molecular weight is 177 g/mol. The zero-order chi connectivity index (χ0) is 9.26. The van der Waals surface area contributed by atoms with Crippen molar-refractivity contribution in [3.63, 3.8) is 0 Å². The largest absolute Gasteiger partial charge is 0.349 e. The predicted molar refractivity (Wildman–Crippen MR) is 47.8 cm³/mol. The summed E-state index contributed by atoms with van der Waals surface area (Å²) >= 11 is 0. The first-order valence-corrected chi connectivity index (χ1v) is 4.24. The molecule has 0 saturated carbocycles. The molecular formula is C10H11NO2. The van der Waals surface area contributed by atoms with E-state index >= 15 is 0 Å². The van der Waals surface area contributed by atoms with Crippen LogP contribution in [0.2, 0.25) is 0 Å². The van der Waals surface area contributed by atoms with Crippen LogP contribution < -0.4 is 5.32 Å². The van der Waals surface area contributed by atoms with Crippen LogP contribution in [0.5, 0.6) is 0 Å². The first kappa shape index (κ1) is 8.26. The van der Waals surface area contributed by atoms with Gasteiger partial charge >= 0.3 is 0 Å². The van der Waals surface area contributed by atoms with E-state index in [0.717, 1.165) is 11.1 Å². The summed E-state index contributed by atoms with van der Waals surface area (Å²) in [6.07, 6.45) is -0.256. The van der Waals surface area contributed by atoms with Crippen molar-refractivity contribution in [3.8, 4) is 0 Å². The van der Waals surface area contributed by atoms with Crippen LogP contribution in [0, 0.1) is 0 Å². The normalized spacial score (nSPS) is 19.6. The molecule has 1 amide bonds. The number of nitrogens with one attached hydrogen (secondary N) is 1. The van der Waals surface area contributed by atoms with E-state index in [-0.39, 0.29) is 12.1 Å². The lowest BCUT2D eigenvalue weighted by Gasteiger charge is -2.10. The first-order chi connectivity index (χ1) is 6.27. The fourth-order valence-corrected chi connectivity index (χ4v) is 1.49. The third kappa shape index (κ3) is 1.55. The van der Waals surface area contributed by atoms with Gasteiger partial charge < -0.3 is 10.1 Å². The van der Waals surface area contributed by atoms with Gasteiger partial charge in [-0.15, -0.1) is 0 Å². The van der Waals surface area contributed by atoms with E-state index in [9.17, 15) is 4.79 Å². The van der Waals surface area contributed by atoms with Gasteiger partial charge in [0.2, 0.25) is 5.91 Å². The van der Waals surface area contributed by atoms with Crippen molar-refractivity contribution in [2.75, 3.05) is 0 Å². The number of rotatable bonds is 1. The van der Waals surface area contributed by atoms with Crippen molar-refractivity contribution in [2.24, 2.45) is 0 Å². The van der Waals surface area contributed by atoms with E-state index in [2.05, 4.69) is 5.32 Å². The molecule has 2 rings (SSSR count). The third-order valence-corrected chi connectivity index (χ3v) is 2.08. The molecule has 1 unspecified atom stereocenters. The summed E-state index contributed by atoms with van der Waals surface area (Å²) in [6, 6.07) is 7.90. The highest BCUT2D eigenvalue weighted by Gasteiger charge is 2.22. The second-order valence-electron chi connectivity index (χ2n) is 3.09. The molecule has 3 heteroatoms. The Balaban J connectivity index is 2.23. The summed E-state index contributed by atoms with van der Waals surface area (Å²) < 4.78 is 5.40. The van der Waals surface area contributed by atoms with Gasteiger partial charge in [-0.1, -0.05) is 24.3 Å². The molecule has 1 aromatic carbocycles. The molecule has 0 spiro atoms. The lowest BCUT2D eigenvalue weighted by Crippen LogP contribution is -2.25. The van der Waals surface area contributed by atoms with Gasteiger partial charge in [0, 0.05) is 12.5 Å². The number of hydrogen-bond acceptors (Lipinski definition) is 2. The number of benzene rings is 1. The van der Waals surface area contributed by atoms with E-state index < -0.39 is 0 Å². The smallest absolute Gasteiger partial charge is 0.219 e. The number of fused-ring (bicyclic) bond motifs is 1. The first-order valence-electron chi connectivity index (χ1n) is 4.24. The number of ether oxygens (including phenoxy) is 1. The van der Waals surface area contributed by atoms with Crippen molar-refractivity contribution in [3.05, 3.63) is 35.4 Å². The van der Waals surface area contributed by atoms with E-state index in [4.69, 9.17) is 4.74 Å². The molecule has 68 valence electrons. The molecule has 0 fully saturated rings. The Morgan fingerprint density at radius 3 is 3.08 bits per heavy atom. The molecule has 0 radical (unpaired) electrons. The Hall–Kier alpha value is -1.35. The Morgan fingerprint density at radius 2 is 2.31 bits per heavy atom. The average Bonchev–Trinajstić information content (AvgIpc) is 2.48. The second kappa shape index (κ2) is 3.18. The highest BCUT2D eigenvalue weighted by molar-refractivity contribution is 5.73. The van der Waals surface area contributed by atoms with E-state index in [1.807, 2.05) is 24.3 Å². The Bertz CT molecular complexity index is 335. The maximum Gasteiger partial charge on any atom is 0.219 e. The van der Waals surface area contributed by atoms with Gasteiger partial charge in [0.25, 0.3) is 0 Å². The SMILES string of the molecule is CC(=O)NC1OCc2ccccc21. The monoisotopic (exact) mass is 177 g/mol. The van der Waals surface area contributed by atoms with Crippen LogP contribution in [0.25, 0.3) is 0 Å². The molecule has 3 nitrogen and oxygen atoms in total. The molecule has 0 bridgehead atoms. The maximum absolute atomic E-state index is 10.8. The van der Waals surface area contributed by atoms with Crippen LogP contribution in [0.4, 0.5) is 0 Å². The molecule has 1 N–H and O–H groups in total. The maximum atomic E-state index is 10.8. The molecule has 1 atom stereocenters. The van der Waals surface area contributed by atoms with Gasteiger partial charge in [-0.2, -0.15) is 0 Å². The van der Waals surface area contributed by atoms with Gasteiger partial charge in [-0.25, -0.2) is 0 Å². The highest BCUT2D eigenvalue weighted by atomic mass is 16.5. The van der Waals surface area contributed by atoms with Crippen LogP contribution in [0.1, 0.15) is 24.3 Å². The molecular weight excluding hydrogens is 166 g/mol. The number of carbonyl (C=O) groups is 1. The molecule has 1 aliphatic heterocycles. The van der Waals surface area contributed by atoms with Gasteiger partial charge in [0.05, 0.1) is 6.61 Å². The summed E-state index contributed by atoms with van der Waals surface area (Å²) in [7, 11) is 0. The minimum absolute atomic E-state index is 0.0679. The fourth-order valence-electron chi connectivity index (χ4n) is 1.49. The number of amides is 1. The van der Waals surface area contributed by atoms with Gasteiger partial charge in [-0.05, 0) is 5.56 Å². The van der Waals surface area contributed by atoms with E-state index in [0.29, 0.717) is 6.61 Å². The van der Waals surface area contributed by atoms with Crippen LogP contribution in [0.3, 0.4) is 0 Å².